The molecule has 0 bridgehead atoms. The topological polar surface area (TPSA) is 67.8 Å². The van der Waals surface area contributed by atoms with Crippen LogP contribution in [0.15, 0.2) is 30.3 Å². The monoisotopic (exact) mass is 405 g/mol. The molecule has 0 heterocycles. The first-order chi connectivity index (χ1) is 13.8. The van der Waals surface area contributed by atoms with Crippen molar-refractivity contribution in [3.05, 3.63) is 35.9 Å². The molecule has 0 aromatic heterocycles. The molecule has 1 aliphatic rings. The van der Waals surface area contributed by atoms with Gasteiger partial charge < -0.3 is 19.9 Å². The molecule has 1 aromatic carbocycles. The number of carbonyl (C=O) groups excluding carboxylic acids is 1. The largest absolute Gasteiger partial charge is 0.444 e. The predicted molar refractivity (Wildman–Crippen MR) is 116 cm³/mol. The number of amides is 1. The number of ether oxygens (including phenoxy) is 2. The maximum absolute atomic E-state index is 12.5. The van der Waals surface area contributed by atoms with Crippen molar-refractivity contribution in [2.45, 2.75) is 103 Å². The Morgan fingerprint density at radius 3 is 2.41 bits per heavy atom. The SMILES string of the molecule is CCC(O)C(OCc1ccccc1)C(CC1CCCCC1)NC(=O)OC(C)(C)C. The highest BCUT2D eigenvalue weighted by atomic mass is 16.6. The van der Waals surface area contributed by atoms with E-state index in [1.165, 1.54) is 32.1 Å². The fourth-order valence-corrected chi connectivity index (χ4v) is 4.01. The Kier molecular flexibility index (Phi) is 9.44. The predicted octanol–water partition coefficient (Wildman–Crippen LogP) is 5.21. The highest BCUT2D eigenvalue weighted by Crippen LogP contribution is 2.29. The first kappa shape index (κ1) is 23.7. The smallest absolute Gasteiger partial charge is 0.407 e. The summed E-state index contributed by atoms with van der Waals surface area (Å²) < 4.78 is 11.7. The summed E-state index contributed by atoms with van der Waals surface area (Å²) in [6.45, 7) is 7.90. The van der Waals surface area contributed by atoms with Crippen LogP contribution in [0.3, 0.4) is 0 Å². The normalized spacial score (nSPS) is 18.7. The molecule has 1 aliphatic carbocycles. The van der Waals surface area contributed by atoms with Gasteiger partial charge in [0, 0.05) is 0 Å². The van der Waals surface area contributed by atoms with Crippen LogP contribution in [0.1, 0.15) is 78.2 Å². The molecule has 0 aliphatic heterocycles. The summed E-state index contributed by atoms with van der Waals surface area (Å²) in [6, 6.07) is 9.65. The average molecular weight is 406 g/mol. The molecule has 5 nitrogen and oxygen atoms in total. The average Bonchev–Trinajstić information content (AvgIpc) is 2.68. The van der Waals surface area contributed by atoms with Crippen LogP contribution in [0, 0.1) is 5.92 Å². The quantitative estimate of drug-likeness (QED) is 0.592. The summed E-state index contributed by atoms with van der Waals surface area (Å²) in [5.41, 5.74) is 0.484. The Labute approximate surface area is 176 Å². The van der Waals surface area contributed by atoms with Crippen molar-refractivity contribution in [1.29, 1.82) is 0 Å². The van der Waals surface area contributed by atoms with E-state index in [9.17, 15) is 9.90 Å². The molecule has 5 heteroatoms. The van der Waals surface area contributed by atoms with E-state index in [1.807, 2.05) is 58.0 Å². The third kappa shape index (κ3) is 8.75. The van der Waals surface area contributed by atoms with Crippen molar-refractivity contribution < 1.29 is 19.4 Å². The molecule has 0 saturated heterocycles. The van der Waals surface area contributed by atoms with Crippen LogP contribution < -0.4 is 5.32 Å². The number of nitrogens with one attached hydrogen (secondary N) is 1. The second-order valence-electron chi connectivity index (χ2n) is 9.23. The number of hydrogen-bond acceptors (Lipinski definition) is 4. The molecule has 0 radical (unpaired) electrons. The number of hydrogen-bond donors (Lipinski definition) is 2. The van der Waals surface area contributed by atoms with Crippen molar-refractivity contribution in [2.75, 3.05) is 0 Å². The van der Waals surface area contributed by atoms with Gasteiger partial charge in [0.2, 0.25) is 0 Å². The van der Waals surface area contributed by atoms with E-state index in [1.54, 1.807) is 0 Å². The number of benzene rings is 1. The van der Waals surface area contributed by atoms with Gasteiger partial charge in [-0.25, -0.2) is 4.79 Å². The molecule has 1 aromatic rings. The van der Waals surface area contributed by atoms with Crippen molar-refractivity contribution in [3.63, 3.8) is 0 Å². The summed E-state index contributed by atoms with van der Waals surface area (Å²) in [7, 11) is 0. The Hall–Kier alpha value is -1.59. The second kappa shape index (κ2) is 11.6. The number of rotatable bonds is 9. The van der Waals surface area contributed by atoms with Gasteiger partial charge in [0.25, 0.3) is 0 Å². The van der Waals surface area contributed by atoms with Gasteiger partial charge in [-0.15, -0.1) is 0 Å². The van der Waals surface area contributed by atoms with Crippen LogP contribution in [-0.2, 0) is 16.1 Å². The zero-order chi connectivity index (χ0) is 21.3. The third-order valence-electron chi connectivity index (χ3n) is 5.49. The lowest BCUT2D eigenvalue weighted by Gasteiger charge is -2.35. The van der Waals surface area contributed by atoms with Crippen molar-refractivity contribution in [3.8, 4) is 0 Å². The summed E-state index contributed by atoms with van der Waals surface area (Å²) in [6.07, 6.45) is 5.87. The van der Waals surface area contributed by atoms with E-state index < -0.39 is 23.9 Å². The molecule has 29 heavy (non-hydrogen) atoms. The number of aliphatic hydroxyl groups excluding tert-OH is 1. The van der Waals surface area contributed by atoms with E-state index in [-0.39, 0.29) is 6.04 Å². The summed E-state index contributed by atoms with van der Waals surface area (Å²) >= 11 is 0. The van der Waals surface area contributed by atoms with E-state index >= 15 is 0 Å². The first-order valence-corrected chi connectivity index (χ1v) is 11.1. The van der Waals surface area contributed by atoms with Crippen LogP contribution in [0.2, 0.25) is 0 Å². The highest BCUT2D eigenvalue weighted by Gasteiger charge is 2.33. The zero-order valence-electron chi connectivity index (χ0n) is 18.5. The number of aliphatic hydroxyl groups is 1. The van der Waals surface area contributed by atoms with Gasteiger partial charge in [-0.05, 0) is 45.1 Å². The highest BCUT2D eigenvalue weighted by molar-refractivity contribution is 5.68. The fraction of sp³-hybridized carbons (Fsp3) is 0.708. The van der Waals surface area contributed by atoms with E-state index in [2.05, 4.69) is 5.32 Å². The lowest BCUT2D eigenvalue weighted by Crippen LogP contribution is -2.51. The van der Waals surface area contributed by atoms with Crippen molar-refractivity contribution in [2.24, 2.45) is 5.92 Å². The minimum atomic E-state index is -0.651. The molecule has 2 N–H and O–H groups in total. The molecular formula is C24H39NO4. The molecule has 164 valence electrons. The van der Waals surface area contributed by atoms with Crippen molar-refractivity contribution >= 4 is 6.09 Å². The van der Waals surface area contributed by atoms with Gasteiger partial charge in [0.1, 0.15) is 11.7 Å². The van der Waals surface area contributed by atoms with E-state index in [0.29, 0.717) is 18.9 Å². The van der Waals surface area contributed by atoms with Crippen LogP contribution in [-0.4, -0.2) is 35.1 Å². The van der Waals surface area contributed by atoms with Crippen LogP contribution in [0.25, 0.3) is 0 Å². The zero-order valence-corrected chi connectivity index (χ0v) is 18.5. The lowest BCUT2D eigenvalue weighted by atomic mass is 9.83. The van der Waals surface area contributed by atoms with Gasteiger partial charge in [-0.1, -0.05) is 69.4 Å². The van der Waals surface area contributed by atoms with Gasteiger partial charge in [-0.3, -0.25) is 0 Å². The van der Waals surface area contributed by atoms with Crippen LogP contribution in [0.4, 0.5) is 4.79 Å². The number of alkyl carbamates (subject to hydrolysis) is 1. The molecule has 1 fully saturated rings. The van der Waals surface area contributed by atoms with E-state index in [4.69, 9.17) is 9.47 Å². The molecule has 1 amide bonds. The Balaban J connectivity index is 2.13. The van der Waals surface area contributed by atoms with Gasteiger partial charge in [0.15, 0.2) is 0 Å². The summed E-state index contributed by atoms with van der Waals surface area (Å²) in [4.78, 5) is 12.5. The molecule has 2 rings (SSSR count). The first-order valence-electron chi connectivity index (χ1n) is 11.1. The molecule has 3 atom stereocenters. The second-order valence-corrected chi connectivity index (χ2v) is 9.23. The van der Waals surface area contributed by atoms with Gasteiger partial charge in [-0.2, -0.15) is 0 Å². The third-order valence-corrected chi connectivity index (χ3v) is 5.49. The van der Waals surface area contributed by atoms with Crippen molar-refractivity contribution in [1.82, 2.24) is 5.32 Å². The molecular weight excluding hydrogens is 366 g/mol. The summed E-state index contributed by atoms with van der Waals surface area (Å²) in [5.74, 6) is 0.538. The standard InChI is InChI=1S/C24H39NO4/c1-5-21(26)22(28-17-19-14-10-7-11-15-19)20(16-18-12-8-6-9-13-18)25-23(27)29-24(2,3)4/h7,10-11,14-15,18,20-22,26H,5-6,8-9,12-13,16-17H2,1-4H3,(H,25,27). The van der Waals surface area contributed by atoms with E-state index in [0.717, 1.165) is 12.0 Å². The minimum absolute atomic E-state index is 0.286. The fourth-order valence-electron chi connectivity index (χ4n) is 4.01. The summed E-state index contributed by atoms with van der Waals surface area (Å²) in [5, 5.41) is 13.8. The maximum atomic E-state index is 12.5. The Morgan fingerprint density at radius 2 is 1.83 bits per heavy atom. The molecule has 3 unspecified atom stereocenters. The van der Waals surface area contributed by atoms with Crippen LogP contribution in [0.5, 0.6) is 0 Å². The van der Waals surface area contributed by atoms with Gasteiger partial charge >= 0.3 is 6.09 Å². The Morgan fingerprint density at radius 1 is 1.17 bits per heavy atom. The maximum Gasteiger partial charge on any atom is 0.407 e. The van der Waals surface area contributed by atoms with Gasteiger partial charge in [0.05, 0.1) is 18.8 Å². The minimum Gasteiger partial charge on any atom is -0.444 e. The van der Waals surface area contributed by atoms with Crippen LogP contribution >= 0.6 is 0 Å². The molecule has 0 spiro atoms. The number of carbonyl (C=O) groups is 1. The molecule has 1 saturated carbocycles. The lowest BCUT2D eigenvalue weighted by molar-refractivity contribution is -0.0706. The Bertz CT molecular complexity index is 593.